The Kier molecular flexibility index (Phi) is 4.86. The standard InChI is InChI=1S/C13H15N3O2S2/c1-8-6-19-13(15-8)20-7-9-3-4-10(12(14)16-17)11(5-9)18-2/h3-6,17H,7H2,1-2H3,(H2,14,16). The quantitative estimate of drug-likeness (QED) is 0.292. The van der Waals surface area contributed by atoms with Crippen LogP contribution >= 0.6 is 23.1 Å². The van der Waals surface area contributed by atoms with Gasteiger partial charge in [0.25, 0.3) is 0 Å². The van der Waals surface area contributed by atoms with Crippen LogP contribution in [-0.4, -0.2) is 23.1 Å². The third-order valence-corrected chi connectivity index (χ3v) is 4.82. The van der Waals surface area contributed by atoms with E-state index in [-0.39, 0.29) is 5.84 Å². The summed E-state index contributed by atoms with van der Waals surface area (Å²) in [6, 6.07) is 5.61. The monoisotopic (exact) mass is 309 g/mol. The fraction of sp³-hybridized carbons (Fsp3) is 0.231. The normalized spacial score (nSPS) is 11.6. The lowest BCUT2D eigenvalue weighted by Crippen LogP contribution is -2.14. The Labute approximate surface area is 125 Å². The molecular weight excluding hydrogens is 294 g/mol. The van der Waals surface area contributed by atoms with Gasteiger partial charge in [-0.3, -0.25) is 0 Å². The van der Waals surface area contributed by atoms with Crippen LogP contribution in [-0.2, 0) is 5.75 Å². The number of nitrogens with zero attached hydrogens (tertiary/aromatic N) is 2. The number of benzene rings is 1. The van der Waals surface area contributed by atoms with Crippen molar-refractivity contribution in [2.75, 3.05) is 7.11 Å². The van der Waals surface area contributed by atoms with E-state index in [1.165, 1.54) is 0 Å². The second kappa shape index (κ2) is 6.62. The fourth-order valence-electron chi connectivity index (χ4n) is 1.63. The number of hydrogen-bond acceptors (Lipinski definition) is 6. The number of ether oxygens (including phenoxy) is 1. The Morgan fingerprint density at radius 1 is 1.55 bits per heavy atom. The molecule has 0 fully saturated rings. The van der Waals surface area contributed by atoms with Gasteiger partial charge in [0.05, 0.1) is 12.7 Å². The highest BCUT2D eigenvalue weighted by Gasteiger charge is 2.09. The van der Waals surface area contributed by atoms with Crippen LogP contribution in [0, 0.1) is 6.92 Å². The molecule has 0 radical (unpaired) electrons. The van der Waals surface area contributed by atoms with Gasteiger partial charge in [-0.2, -0.15) is 0 Å². The first-order valence-electron chi connectivity index (χ1n) is 5.83. The van der Waals surface area contributed by atoms with E-state index >= 15 is 0 Å². The maximum Gasteiger partial charge on any atom is 0.173 e. The molecule has 1 aromatic carbocycles. The van der Waals surface area contributed by atoms with Crippen LogP contribution < -0.4 is 10.5 Å². The summed E-state index contributed by atoms with van der Waals surface area (Å²) in [5.74, 6) is 1.42. The number of nitrogens with two attached hydrogens (primary N) is 1. The average molecular weight is 309 g/mol. The van der Waals surface area contributed by atoms with E-state index in [4.69, 9.17) is 15.7 Å². The van der Waals surface area contributed by atoms with Crippen LogP contribution in [0.25, 0.3) is 0 Å². The molecule has 1 heterocycles. The molecule has 0 aliphatic heterocycles. The van der Waals surface area contributed by atoms with E-state index in [2.05, 4.69) is 10.1 Å². The fourth-order valence-corrected chi connectivity index (χ4v) is 3.43. The molecule has 0 spiro atoms. The van der Waals surface area contributed by atoms with Gasteiger partial charge in [0.1, 0.15) is 10.1 Å². The van der Waals surface area contributed by atoms with Crippen molar-refractivity contribution in [1.29, 1.82) is 0 Å². The molecule has 1 aromatic heterocycles. The molecule has 0 saturated carbocycles. The molecule has 0 amide bonds. The van der Waals surface area contributed by atoms with Gasteiger partial charge < -0.3 is 15.7 Å². The summed E-state index contributed by atoms with van der Waals surface area (Å²) in [5.41, 5.74) is 8.30. The second-order valence-electron chi connectivity index (χ2n) is 4.06. The van der Waals surface area contributed by atoms with Crippen LogP contribution in [0.15, 0.2) is 33.1 Å². The minimum atomic E-state index is 0.0385. The topological polar surface area (TPSA) is 80.7 Å². The van der Waals surface area contributed by atoms with Gasteiger partial charge in [-0.15, -0.1) is 11.3 Å². The van der Waals surface area contributed by atoms with Crippen molar-refractivity contribution in [3.05, 3.63) is 40.4 Å². The molecular formula is C13H15N3O2S2. The van der Waals surface area contributed by atoms with E-state index < -0.39 is 0 Å². The highest BCUT2D eigenvalue weighted by molar-refractivity contribution is 8.00. The number of amidine groups is 1. The average Bonchev–Trinajstić information content (AvgIpc) is 2.89. The first-order valence-corrected chi connectivity index (χ1v) is 7.70. The number of thioether (sulfide) groups is 1. The van der Waals surface area contributed by atoms with Crippen molar-refractivity contribution in [1.82, 2.24) is 4.98 Å². The van der Waals surface area contributed by atoms with Gasteiger partial charge >= 0.3 is 0 Å². The van der Waals surface area contributed by atoms with Gasteiger partial charge in [0, 0.05) is 16.8 Å². The molecule has 3 N–H and O–H groups in total. The van der Waals surface area contributed by atoms with Crippen LogP contribution in [0.5, 0.6) is 5.75 Å². The molecule has 7 heteroatoms. The molecule has 0 saturated heterocycles. The van der Waals surface area contributed by atoms with E-state index in [0.717, 1.165) is 21.3 Å². The Morgan fingerprint density at radius 3 is 2.95 bits per heavy atom. The molecule has 2 rings (SSSR count). The lowest BCUT2D eigenvalue weighted by Gasteiger charge is -2.09. The van der Waals surface area contributed by atoms with Gasteiger partial charge in [-0.05, 0) is 24.6 Å². The highest BCUT2D eigenvalue weighted by atomic mass is 32.2. The lowest BCUT2D eigenvalue weighted by atomic mass is 10.1. The third kappa shape index (κ3) is 3.43. The molecule has 5 nitrogen and oxygen atoms in total. The van der Waals surface area contributed by atoms with Crippen LogP contribution in [0.1, 0.15) is 16.8 Å². The van der Waals surface area contributed by atoms with Crippen molar-refractivity contribution in [2.24, 2.45) is 10.9 Å². The molecule has 0 atom stereocenters. The summed E-state index contributed by atoms with van der Waals surface area (Å²) >= 11 is 3.31. The molecule has 2 aromatic rings. The molecule has 0 unspecified atom stereocenters. The summed E-state index contributed by atoms with van der Waals surface area (Å²) in [5, 5.41) is 13.8. The number of hydrogen-bond donors (Lipinski definition) is 2. The Bertz CT molecular complexity index is 626. The van der Waals surface area contributed by atoms with Gasteiger partial charge in [0.15, 0.2) is 5.84 Å². The molecule has 0 aliphatic rings. The van der Waals surface area contributed by atoms with Gasteiger partial charge in [-0.1, -0.05) is 23.0 Å². The number of rotatable bonds is 5. The van der Waals surface area contributed by atoms with Crippen molar-refractivity contribution < 1.29 is 9.94 Å². The van der Waals surface area contributed by atoms with E-state index in [1.54, 1.807) is 36.3 Å². The Balaban J connectivity index is 2.13. The summed E-state index contributed by atoms with van der Waals surface area (Å²) < 4.78 is 6.31. The third-order valence-electron chi connectivity index (χ3n) is 2.61. The highest BCUT2D eigenvalue weighted by Crippen LogP contribution is 2.28. The first kappa shape index (κ1) is 14.7. The van der Waals surface area contributed by atoms with Crippen molar-refractivity contribution in [3.8, 4) is 5.75 Å². The van der Waals surface area contributed by atoms with E-state index in [0.29, 0.717) is 11.3 Å². The maximum absolute atomic E-state index is 8.73. The predicted molar refractivity (Wildman–Crippen MR) is 81.9 cm³/mol. The summed E-state index contributed by atoms with van der Waals surface area (Å²) in [6.07, 6.45) is 0. The zero-order valence-corrected chi connectivity index (χ0v) is 12.8. The smallest absolute Gasteiger partial charge is 0.173 e. The summed E-state index contributed by atoms with van der Waals surface area (Å²) in [6.45, 7) is 1.98. The number of aromatic nitrogens is 1. The van der Waals surface area contributed by atoms with Crippen molar-refractivity contribution in [2.45, 2.75) is 17.0 Å². The first-order chi connectivity index (χ1) is 9.63. The van der Waals surface area contributed by atoms with Gasteiger partial charge in [-0.25, -0.2) is 4.98 Å². The minimum absolute atomic E-state index is 0.0385. The number of thiazole rings is 1. The van der Waals surface area contributed by atoms with Crippen LogP contribution in [0.4, 0.5) is 0 Å². The van der Waals surface area contributed by atoms with Gasteiger partial charge in [0.2, 0.25) is 0 Å². The largest absolute Gasteiger partial charge is 0.496 e. The van der Waals surface area contributed by atoms with Crippen molar-refractivity contribution in [3.63, 3.8) is 0 Å². The number of oxime groups is 1. The molecule has 0 aliphatic carbocycles. The molecule has 20 heavy (non-hydrogen) atoms. The number of aryl methyl sites for hydroxylation is 1. The minimum Gasteiger partial charge on any atom is -0.496 e. The molecule has 0 bridgehead atoms. The summed E-state index contributed by atoms with van der Waals surface area (Å²) in [4.78, 5) is 4.41. The zero-order valence-electron chi connectivity index (χ0n) is 11.2. The predicted octanol–water partition coefficient (Wildman–Crippen LogP) is 2.85. The second-order valence-corrected chi connectivity index (χ2v) is 6.14. The van der Waals surface area contributed by atoms with Crippen LogP contribution in [0.2, 0.25) is 0 Å². The maximum atomic E-state index is 8.73. The lowest BCUT2D eigenvalue weighted by molar-refractivity contribution is 0.318. The molecule has 106 valence electrons. The van der Waals surface area contributed by atoms with E-state index in [9.17, 15) is 0 Å². The SMILES string of the molecule is COc1cc(CSc2nc(C)cs2)ccc1/C(N)=N/O. The van der Waals surface area contributed by atoms with Crippen LogP contribution in [0.3, 0.4) is 0 Å². The number of methoxy groups -OCH3 is 1. The van der Waals surface area contributed by atoms with E-state index in [1.807, 2.05) is 24.4 Å². The summed E-state index contributed by atoms with van der Waals surface area (Å²) in [7, 11) is 1.56. The van der Waals surface area contributed by atoms with Crippen molar-refractivity contribution >= 4 is 28.9 Å². The Morgan fingerprint density at radius 2 is 2.35 bits per heavy atom. The Hall–Kier alpha value is -1.73. The zero-order chi connectivity index (χ0) is 14.5.